The van der Waals surface area contributed by atoms with Gasteiger partial charge in [-0.3, -0.25) is 4.79 Å². The molecule has 0 spiro atoms. The molecule has 1 fully saturated rings. The summed E-state index contributed by atoms with van der Waals surface area (Å²) in [7, 11) is 1.59. The molecule has 0 aromatic heterocycles. The van der Waals surface area contributed by atoms with Crippen LogP contribution in [0.1, 0.15) is 24.8 Å². The van der Waals surface area contributed by atoms with Crippen molar-refractivity contribution in [3.8, 4) is 17.6 Å². The third kappa shape index (κ3) is 3.07. The van der Waals surface area contributed by atoms with Gasteiger partial charge >= 0.3 is 0 Å². The molecule has 0 aliphatic carbocycles. The second-order valence-corrected chi connectivity index (χ2v) is 4.31. The fourth-order valence-corrected chi connectivity index (χ4v) is 2.10. The Morgan fingerprint density at radius 1 is 1.47 bits per heavy atom. The average molecular weight is 259 g/mol. The Morgan fingerprint density at radius 3 is 2.95 bits per heavy atom. The molecule has 19 heavy (non-hydrogen) atoms. The number of amides is 1. The minimum atomic E-state index is 0.0562. The number of aliphatic hydroxyl groups excluding tert-OH is 1. The lowest BCUT2D eigenvalue weighted by molar-refractivity contribution is -0.117. The second-order valence-electron chi connectivity index (χ2n) is 4.31. The predicted molar refractivity (Wildman–Crippen MR) is 73.2 cm³/mol. The van der Waals surface area contributed by atoms with Crippen molar-refractivity contribution in [1.82, 2.24) is 0 Å². The molecule has 0 bridgehead atoms. The first-order chi connectivity index (χ1) is 9.26. The van der Waals surface area contributed by atoms with Gasteiger partial charge in [-0.15, -0.1) is 0 Å². The standard InChI is InChI=1S/C15H17NO3/c1-19-14-8-7-12(5-2-3-10-17)11-13(14)16-9-4-6-15(16)18/h7-8,11,17H,3-4,6,9-10H2,1H3. The molecule has 1 saturated heterocycles. The maximum atomic E-state index is 11.8. The summed E-state index contributed by atoms with van der Waals surface area (Å²) in [5, 5.41) is 8.71. The van der Waals surface area contributed by atoms with Crippen LogP contribution in [0.15, 0.2) is 18.2 Å². The highest BCUT2D eigenvalue weighted by Gasteiger charge is 2.24. The van der Waals surface area contributed by atoms with Gasteiger partial charge in [-0.2, -0.15) is 0 Å². The quantitative estimate of drug-likeness (QED) is 0.838. The van der Waals surface area contributed by atoms with Gasteiger partial charge in [0.25, 0.3) is 0 Å². The highest BCUT2D eigenvalue weighted by Crippen LogP contribution is 2.32. The Hall–Kier alpha value is -1.99. The van der Waals surface area contributed by atoms with E-state index in [9.17, 15) is 4.79 Å². The molecule has 4 nitrogen and oxygen atoms in total. The Kier molecular flexibility index (Phi) is 4.43. The largest absolute Gasteiger partial charge is 0.495 e. The van der Waals surface area contributed by atoms with E-state index in [1.165, 1.54) is 0 Å². The zero-order chi connectivity index (χ0) is 13.7. The number of ether oxygens (including phenoxy) is 1. The molecule has 1 aromatic carbocycles. The summed E-state index contributed by atoms with van der Waals surface area (Å²) in [6.45, 7) is 0.781. The highest BCUT2D eigenvalue weighted by molar-refractivity contribution is 5.97. The van der Waals surface area contributed by atoms with E-state index in [1.807, 2.05) is 18.2 Å². The summed E-state index contributed by atoms with van der Waals surface area (Å²) in [4.78, 5) is 13.6. The van der Waals surface area contributed by atoms with Crippen LogP contribution in [0.3, 0.4) is 0 Å². The van der Waals surface area contributed by atoms with E-state index in [0.717, 1.165) is 24.2 Å². The van der Waals surface area contributed by atoms with Crippen LogP contribution in [0, 0.1) is 11.8 Å². The van der Waals surface area contributed by atoms with Gasteiger partial charge in [-0.1, -0.05) is 11.8 Å². The fourth-order valence-electron chi connectivity index (χ4n) is 2.10. The van der Waals surface area contributed by atoms with Crippen molar-refractivity contribution in [1.29, 1.82) is 0 Å². The van der Waals surface area contributed by atoms with Crippen LogP contribution in [0.2, 0.25) is 0 Å². The van der Waals surface area contributed by atoms with E-state index in [1.54, 1.807) is 12.0 Å². The normalized spacial score (nSPS) is 14.2. The molecular weight excluding hydrogens is 242 g/mol. The predicted octanol–water partition coefficient (Wildman–Crippen LogP) is 1.56. The van der Waals surface area contributed by atoms with E-state index in [0.29, 0.717) is 18.6 Å². The molecule has 1 heterocycles. The third-order valence-electron chi connectivity index (χ3n) is 3.01. The number of benzene rings is 1. The zero-order valence-corrected chi connectivity index (χ0v) is 11.0. The Bertz CT molecular complexity index is 528. The first kappa shape index (κ1) is 13.4. The molecule has 1 aliphatic rings. The van der Waals surface area contributed by atoms with Crippen molar-refractivity contribution in [2.75, 3.05) is 25.2 Å². The molecule has 1 aromatic rings. The Labute approximate surface area is 113 Å². The maximum absolute atomic E-state index is 11.8. The van der Waals surface area contributed by atoms with E-state index >= 15 is 0 Å². The minimum Gasteiger partial charge on any atom is -0.495 e. The van der Waals surface area contributed by atoms with Crippen LogP contribution < -0.4 is 9.64 Å². The monoisotopic (exact) mass is 259 g/mol. The summed E-state index contributed by atoms with van der Waals surface area (Å²) in [6.07, 6.45) is 1.91. The first-order valence-corrected chi connectivity index (χ1v) is 6.34. The van der Waals surface area contributed by atoms with E-state index in [-0.39, 0.29) is 12.5 Å². The number of nitrogens with zero attached hydrogens (tertiary/aromatic N) is 1. The summed E-state index contributed by atoms with van der Waals surface area (Å²) in [5.74, 6) is 6.65. The summed E-state index contributed by atoms with van der Waals surface area (Å²) in [5.41, 5.74) is 1.60. The van der Waals surface area contributed by atoms with Gasteiger partial charge in [-0.25, -0.2) is 0 Å². The van der Waals surface area contributed by atoms with Gasteiger partial charge in [0, 0.05) is 24.9 Å². The smallest absolute Gasteiger partial charge is 0.227 e. The van der Waals surface area contributed by atoms with Gasteiger partial charge < -0.3 is 14.7 Å². The van der Waals surface area contributed by atoms with Gasteiger partial charge in [0.1, 0.15) is 5.75 Å². The van der Waals surface area contributed by atoms with Crippen LogP contribution in [-0.2, 0) is 4.79 Å². The fraction of sp³-hybridized carbons (Fsp3) is 0.400. The molecule has 2 rings (SSSR count). The van der Waals surface area contributed by atoms with Crippen molar-refractivity contribution in [2.45, 2.75) is 19.3 Å². The average Bonchev–Trinajstić information content (AvgIpc) is 2.85. The molecule has 0 unspecified atom stereocenters. The van der Waals surface area contributed by atoms with E-state index < -0.39 is 0 Å². The van der Waals surface area contributed by atoms with Crippen LogP contribution in [0.5, 0.6) is 5.75 Å². The minimum absolute atomic E-state index is 0.0562. The number of rotatable bonds is 3. The summed E-state index contributed by atoms with van der Waals surface area (Å²) >= 11 is 0. The highest BCUT2D eigenvalue weighted by atomic mass is 16.5. The van der Waals surface area contributed by atoms with Gasteiger partial charge in [0.05, 0.1) is 19.4 Å². The van der Waals surface area contributed by atoms with Crippen LogP contribution in [0.25, 0.3) is 0 Å². The first-order valence-electron chi connectivity index (χ1n) is 6.34. The summed E-state index contributed by atoms with van der Waals surface area (Å²) < 4.78 is 5.30. The third-order valence-corrected chi connectivity index (χ3v) is 3.01. The second kappa shape index (κ2) is 6.26. The maximum Gasteiger partial charge on any atom is 0.227 e. The Balaban J connectivity index is 2.32. The summed E-state index contributed by atoms with van der Waals surface area (Å²) in [6, 6.07) is 5.55. The Morgan fingerprint density at radius 2 is 2.32 bits per heavy atom. The van der Waals surface area contributed by atoms with Crippen molar-refractivity contribution in [3.63, 3.8) is 0 Å². The molecule has 100 valence electrons. The van der Waals surface area contributed by atoms with Crippen molar-refractivity contribution in [3.05, 3.63) is 23.8 Å². The van der Waals surface area contributed by atoms with Gasteiger partial charge in [-0.05, 0) is 24.6 Å². The lowest BCUT2D eigenvalue weighted by atomic mass is 10.1. The van der Waals surface area contributed by atoms with E-state index in [4.69, 9.17) is 9.84 Å². The molecular formula is C15H17NO3. The molecule has 1 aliphatic heterocycles. The van der Waals surface area contributed by atoms with Crippen molar-refractivity contribution in [2.24, 2.45) is 0 Å². The SMILES string of the molecule is COc1ccc(C#CCCO)cc1N1CCCC1=O. The van der Waals surface area contributed by atoms with Crippen LogP contribution in [-0.4, -0.2) is 31.3 Å². The lowest BCUT2D eigenvalue weighted by Crippen LogP contribution is -2.24. The number of hydrogen-bond acceptors (Lipinski definition) is 3. The number of aliphatic hydroxyl groups is 1. The number of hydrogen-bond donors (Lipinski definition) is 1. The molecule has 0 atom stereocenters. The van der Waals surface area contributed by atoms with Gasteiger partial charge in [0.2, 0.25) is 5.91 Å². The molecule has 0 saturated carbocycles. The zero-order valence-electron chi connectivity index (χ0n) is 11.0. The molecule has 1 amide bonds. The number of methoxy groups -OCH3 is 1. The van der Waals surface area contributed by atoms with Gasteiger partial charge in [0.15, 0.2) is 0 Å². The number of carbonyl (C=O) groups is 1. The van der Waals surface area contributed by atoms with Crippen LogP contribution >= 0.6 is 0 Å². The topological polar surface area (TPSA) is 49.8 Å². The molecule has 4 heteroatoms. The molecule has 0 radical (unpaired) electrons. The van der Waals surface area contributed by atoms with Crippen molar-refractivity contribution < 1.29 is 14.6 Å². The van der Waals surface area contributed by atoms with Crippen LogP contribution in [0.4, 0.5) is 5.69 Å². The van der Waals surface area contributed by atoms with E-state index in [2.05, 4.69) is 11.8 Å². The van der Waals surface area contributed by atoms with Crippen molar-refractivity contribution >= 4 is 11.6 Å². The lowest BCUT2D eigenvalue weighted by Gasteiger charge is -2.19. The molecule has 1 N–H and O–H groups in total. The number of anilines is 1. The number of carbonyl (C=O) groups excluding carboxylic acids is 1.